The molecule has 2 amide bonds. The number of likely N-dealkylation sites (tertiary alicyclic amines) is 1. The Kier molecular flexibility index (Phi) is 7.00. The van der Waals surface area contributed by atoms with E-state index in [0.29, 0.717) is 42.3 Å². The smallest absolute Gasteiger partial charge is 0.260 e. The molecule has 11 nitrogen and oxygen atoms in total. The largest absolute Gasteiger partial charge is 0.341 e. The second kappa shape index (κ2) is 10.3. The van der Waals surface area contributed by atoms with E-state index in [4.69, 9.17) is 0 Å². The van der Waals surface area contributed by atoms with Crippen molar-refractivity contribution in [3.8, 4) is 0 Å². The van der Waals surface area contributed by atoms with Crippen LogP contribution in [0.1, 0.15) is 35.7 Å². The quantitative estimate of drug-likeness (QED) is 0.497. The molecule has 3 aromatic rings. The molecule has 3 heterocycles. The predicted molar refractivity (Wildman–Crippen MR) is 149 cm³/mol. The number of carbonyl (C=O) groups is 2. The molecule has 0 radical (unpaired) electrons. The Labute approximate surface area is 227 Å². The number of anilines is 5. The maximum atomic E-state index is 13.1. The second-order valence-electron chi connectivity index (χ2n) is 9.92. The number of sulfonamides is 1. The van der Waals surface area contributed by atoms with Crippen molar-refractivity contribution in [1.82, 2.24) is 19.6 Å². The van der Waals surface area contributed by atoms with Crippen LogP contribution in [0.25, 0.3) is 0 Å². The molecule has 1 aromatic heterocycles. The summed E-state index contributed by atoms with van der Waals surface area (Å²) in [5.41, 5.74) is 3.32. The number of nitrogens with one attached hydrogen (secondary N) is 2. The van der Waals surface area contributed by atoms with Crippen LogP contribution < -0.4 is 19.8 Å². The monoisotopic (exact) mass is 549 g/mol. The number of fused-ring (bicyclic) bond motifs is 2. The lowest BCUT2D eigenvalue weighted by Crippen LogP contribution is -2.48. The highest BCUT2D eigenvalue weighted by atomic mass is 32.2. The first-order chi connectivity index (χ1) is 18.5. The Morgan fingerprint density at radius 3 is 2.64 bits per heavy atom. The number of aromatic nitrogens is 2. The summed E-state index contributed by atoms with van der Waals surface area (Å²) in [5, 5.41) is 3.09. The molecular weight excluding hydrogens is 518 g/mol. The first-order valence-electron chi connectivity index (χ1n) is 12.7. The second-order valence-corrected chi connectivity index (χ2v) is 11.6. The first kappa shape index (κ1) is 26.6. The number of hydrogen-bond donors (Lipinski definition) is 2. The van der Waals surface area contributed by atoms with Crippen LogP contribution in [-0.4, -0.2) is 68.3 Å². The van der Waals surface area contributed by atoms with Crippen molar-refractivity contribution in [3.05, 3.63) is 59.8 Å². The Morgan fingerprint density at radius 2 is 1.87 bits per heavy atom. The van der Waals surface area contributed by atoms with Gasteiger partial charge in [-0.15, -0.1) is 0 Å². The normalized spacial score (nSPS) is 17.4. The third-order valence-electron chi connectivity index (χ3n) is 7.07. The Balaban J connectivity index is 1.39. The number of benzene rings is 2. The summed E-state index contributed by atoms with van der Waals surface area (Å²) in [6, 6.07) is 11.7. The van der Waals surface area contributed by atoms with Gasteiger partial charge in [0.1, 0.15) is 5.69 Å². The molecular formula is C27H31N7O4S. The van der Waals surface area contributed by atoms with Crippen molar-refractivity contribution in [1.29, 1.82) is 0 Å². The topological polar surface area (TPSA) is 128 Å². The van der Waals surface area contributed by atoms with E-state index in [-0.39, 0.29) is 28.7 Å². The van der Waals surface area contributed by atoms with Gasteiger partial charge < -0.3 is 20.0 Å². The van der Waals surface area contributed by atoms with Crippen molar-refractivity contribution in [2.45, 2.75) is 37.6 Å². The molecule has 204 valence electrons. The molecule has 2 aromatic carbocycles. The number of carbonyl (C=O) groups excluding carboxylic acids is 2. The molecule has 0 saturated carbocycles. The summed E-state index contributed by atoms with van der Waals surface area (Å²) >= 11 is 0. The van der Waals surface area contributed by atoms with Gasteiger partial charge >= 0.3 is 0 Å². The Morgan fingerprint density at radius 1 is 1.08 bits per heavy atom. The van der Waals surface area contributed by atoms with Gasteiger partial charge in [-0.2, -0.15) is 4.98 Å². The Hall–Kier alpha value is -4.03. The molecule has 2 aliphatic rings. The van der Waals surface area contributed by atoms with Crippen molar-refractivity contribution in [2.75, 3.05) is 42.3 Å². The minimum absolute atomic E-state index is 0.0642. The van der Waals surface area contributed by atoms with Gasteiger partial charge in [0.05, 0.1) is 22.3 Å². The molecule has 0 bridgehead atoms. The van der Waals surface area contributed by atoms with E-state index in [9.17, 15) is 18.0 Å². The van der Waals surface area contributed by atoms with E-state index >= 15 is 0 Å². The number of nitrogens with zero attached hydrogens (tertiary/aromatic N) is 5. The first-order valence-corrected chi connectivity index (χ1v) is 14.2. The van der Waals surface area contributed by atoms with Crippen LogP contribution >= 0.6 is 0 Å². The predicted octanol–water partition coefficient (Wildman–Crippen LogP) is 3.18. The van der Waals surface area contributed by atoms with Gasteiger partial charge in [0, 0.05) is 45.8 Å². The summed E-state index contributed by atoms with van der Waals surface area (Å²) in [6.07, 6.45) is 2.98. The lowest BCUT2D eigenvalue weighted by Gasteiger charge is -2.32. The maximum absolute atomic E-state index is 13.1. The number of amides is 2. The van der Waals surface area contributed by atoms with Crippen molar-refractivity contribution >= 4 is 50.7 Å². The van der Waals surface area contributed by atoms with E-state index in [2.05, 4.69) is 20.0 Å². The lowest BCUT2D eigenvalue weighted by atomic mass is 10.1. The molecule has 39 heavy (non-hydrogen) atoms. The molecule has 1 saturated heterocycles. The number of hydrogen-bond acceptors (Lipinski definition) is 8. The number of piperidine rings is 1. The molecule has 2 aliphatic heterocycles. The van der Waals surface area contributed by atoms with Gasteiger partial charge in [0.25, 0.3) is 5.91 Å². The van der Waals surface area contributed by atoms with Gasteiger partial charge in [-0.05, 0) is 50.1 Å². The fourth-order valence-electron chi connectivity index (χ4n) is 4.94. The molecule has 0 aliphatic carbocycles. The van der Waals surface area contributed by atoms with Crippen LogP contribution in [0, 0.1) is 6.92 Å². The summed E-state index contributed by atoms with van der Waals surface area (Å²) < 4.78 is 29.0. The van der Waals surface area contributed by atoms with E-state index in [1.165, 1.54) is 24.0 Å². The zero-order valence-electron chi connectivity index (χ0n) is 22.3. The summed E-state index contributed by atoms with van der Waals surface area (Å²) in [4.78, 5) is 39.1. The molecule has 12 heteroatoms. The minimum Gasteiger partial charge on any atom is -0.341 e. The van der Waals surface area contributed by atoms with Gasteiger partial charge in [-0.3, -0.25) is 9.59 Å². The van der Waals surface area contributed by atoms with Crippen LogP contribution in [0.2, 0.25) is 0 Å². The molecule has 1 fully saturated rings. The van der Waals surface area contributed by atoms with Crippen LogP contribution in [0.4, 0.5) is 28.8 Å². The van der Waals surface area contributed by atoms with E-state index < -0.39 is 10.0 Å². The van der Waals surface area contributed by atoms with Crippen LogP contribution in [-0.2, 0) is 14.8 Å². The highest BCUT2D eigenvalue weighted by Crippen LogP contribution is 2.38. The molecule has 5 rings (SSSR count). The van der Waals surface area contributed by atoms with E-state index in [1.54, 1.807) is 30.3 Å². The van der Waals surface area contributed by atoms with Crippen molar-refractivity contribution < 1.29 is 18.0 Å². The summed E-state index contributed by atoms with van der Waals surface area (Å²) in [5.74, 6) is 0.566. The highest BCUT2D eigenvalue weighted by molar-refractivity contribution is 7.89. The van der Waals surface area contributed by atoms with Crippen molar-refractivity contribution in [3.63, 3.8) is 0 Å². The van der Waals surface area contributed by atoms with E-state index in [1.807, 2.05) is 37.1 Å². The summed E-state index contributed by atoms with van der Waals surface area (Å²) in [6.45, 7) is 4.41. The van der Waals surface area contributed by atoms with Crippen molar-refractivity contribution in [2.24, 2.45) is 0 Å². The lowest BCUT2D eigenvalue weighted by molar-refractivity contribution is -0.130. The number of rotatable bonds is 5. The SMILES string of the molecule is CC(=O)N1CCCC(NS(=O)(=O)c2cccc(Nc3ncc4c(n3)N(C)c3ccc(C)cc3C(=O)N4C)c2)C1. The number of aryl methyl sites for hydroxylation is 1. The average molecular weight is 550 g/mol. The zero-order chi connectivity index (χ0) is 27.9. The average Bonchev–Trinajstić information content (AvgIpc) is 2.98. The van der Waals surface area contributed by atoms with Gasteiger partial charge in [-0.25, -0.2) is 18.1 Å². The van der Waals surface area contributed by atoms with Crippen LogP contribution in [0.5, 0.6) is 0 Å². The fraction of sp³-hybridized carbons (Fsp3) is 0.333. The standard InChI is InChI=1S/C27H31N7O4S/c1-17-10-11-23-22(13-17)26(36)33(4)24-15-28-27(30-25(24)32(23)3)29-19-7-5-9-21(14-19)39(37,38)31-20-8-6-12-34(16-20)18(2)35/h5,7,9-11,13-15,20,31H,6,8,12,16H2,1-4H3,(H,28,29,30). The molecule has 0 spiro atoms. The third-order valence-corrected chi connectivity index (χ3v) is 8.58. The maximum Gasteiger partial charge on any atom is 0.260 e. The molecule has 2 N–H and O–H groups in total. The fourth-order valence-corrected chi connectivity index (χ4v) is 6.25. The minimum atomic E-state index is -3.82. The molecule has 1 atom stereocenters. The third kappa shape index (κ3) is 5.30. The van der Waals surface area contributed by atoms with E-state index in [0.717, 1.165) is 17.7 Å². The Bertz CT molecular complexity index is 1560. The van der Waals surface area contributed by atoms with Gasteiger partial charge in [0.15, 0.2) is 5.82 Å². The highest BCUT2D eigenvalue weighted by Gasteiger charge is 2.30. The zero-order valence-corrected chi connectivity index (χ0v) is 23.1. The summed E-state index contributed by atoms with van der Waals surface area (Å²) in [7, 11) is -0.296. The van der Waals surface area contributed by atoms with Crippen LogP contribution in [0.15, 0.2) is 53.6 Å². The van der Waals surface area contributed by atoms with Gasteiger partial charge in [0.2, 0.25) is 21.9 Å². The van der Waals surface area contributed by atoms with Crippen LogP contribution in [0.3, 0.4) is 0 Å². The van der Waals surface area contributed by atoms with Gasteiger partial charge in [-0.1, -0.05) is 17.7 Å². The molecule has 1 unspecified atom stereocenters.